The number of rotatable bonds is 8. The number of hydrogen-bond acceptors (Lipinski definition) is 2. The highest BCUT2D eigenvalue weighted by Crippen LogP contribution is 2.27. The largest absolute Gasteiger partial charge is 0.411 e. The number of hydrogen-bond donors (Lipinski definition) is 1. The third-order valence-corrected chi connectivity index (χ3v) is 3.94. The first-order valence-corrected chi connectivity index (χ1v) is 7.91. The second-order valence-corrected chi connectivity index (χ2v) is 5.77. The fraction of sp³-hybridized carbons (Fsp3) is 1.00. The molecule has 0 aromatic heterocycles. The van der Waals surface area contributed by atoms with Crippen molar-refractivity contribution in [2.75, 3.05) is 19.8 Å². The van der Waals surface area contributed by atoms with Gasteiger partial charge in [-0.1, -0.05) is 26.2 Å². The minimum Gasteiger partial charge on any atom is -0.372 e. The van der Waals surface area contributed by atoms with Crippen LogP contribution in [0.25, 0.3) is 0 Å². The Labute approximate surface area is 120 Å². The van der Waals surface area contributed by atoms with Gasteiger partial charge in [-0.05, 0) is 44.6 Å². The Kier molecular flexibility index (Phi) is 8.53. The maximum Gasteiger partial charge on any atom is 0.411 e. The van der Waals surface area contributed by atoms with E-state index < -0.39 is 12.8 Å². The van der Waals surface area contributed by atoms with E-state index in [1.807, 2.05) is 0 Å². The Bertz CT molecular complexity index is 246. The van der Waals surface area contributed by atoms with Gasteiger partial charge in [-0.15, -0.1) is 0 Å². The van der Waals surface area contributed by atoms with Gasteiger partial charge in [0.25, 0.3) is 0 Å². The van der Waals surface area contributed by atoms with Crippen molar-refractivity contribution in [3.05, 3.63) is 0 Å². The average Bonchev–Trinajstić information content (AvgIpc) is 2.60. The molecule has 0 bridgehead atoms. The van der Waals surface area contributed by atoms with E-state index in [1.54, 1.807) is 0 Å². The van der Waals surface area contributed by atoms with E-state index in [0.717, 1.165) is 25.8 Å². The van der Waals surface area contributed by atoms with Crippen LogP contribution in [0.2, 0.25) is 0 Å². The second-order valence-electron chi connectivity index (χ2n) is 5.77. The SMILES string of the molecule is CCCNC1CCCCCC1CCCOCC(F)(F)F. The first-order chi connectivity index (χ1) is 9.53. The lowest BCUT2D eigenvalue weighted by Crippen LogP contribution is -2.36. The molecule has 1 N–H and O–H groups in total. The number of alkyl halides is 3. The van der Waals surface area contributed by atoms with Gasteiger partial charge in [0.15, 0.2) is 0 Å². The molecular formula is C15H28F3NO. The molecule has 2 atom stereocenters. The maximum atomic E-state index is 12.0. The van der Waals surface area contributed by atoms with Crippen LogP contribution in [0.5, 0.6) is 0 Å². The maximum absolute atomic E-state index is 12.0. The van der Waals surface area contributed by atoms with Gasteiger partial charge < -0.3 is 10.1 Å². The van der Waals surface area contributed by atoms with Crippen molar-refractivity contribution in [2.45, 2.75) is 70.5 Å². The molecule has 0 aliphatic heterocycles. The zero-order valence-electron chi connectivity index (χ0n) is 12.5. The summed E-state index contributed by atoms with van der Waals surface area (Å²) in [6.45, 7) is 2.29. The van der Waals surface area contributed by atoms with E-state index in [1.165, 1.54) is 32.1 Å². The summed E-state index contributed by atoms with van der Waals surface area (Å²) in [6.07, 6.45) is 4.82. The summed E-state index contributed by atoms with van der Waals surface area (Å²) >= 11 is 0. The zero-order chi connectivity index (χ0) is 14.8. The zero-order valence-corrected chi connectivity index (χ0v) is 12.5. The van der Waals surface area contributed by atoms with Crippen molar-refractivity contribution < 1.29 is 17.9 Å². The fourth-order valence-corrected chi connectivity index (χ4v) is 2.96. The normalized spacial score (nSPS) is 24.6. The van der Waals surface area contributed by atoms with Crippen LogP contribution in [-0.4, -0.2) is 32.0 Å². The lowest BCUT2D eigenvalue weighted by atomic mass is 9.90. The minimum absolute atomic E-state index is 0.219. The van der Waals surface area contributed by atoms with Gasteiger partial charge in [-0.2, -0.15) is 13.2 Å². The molecule has 1 fully saturated rings. The van der Waals surface area contributed by atoms with E-state index in [2.05, 4.69) is 12.2 Å². The predicted molar refractivity (Wildman–Crippen MR) is 74.8 cm³/mol. The Morgan fingerprint density at radius 3 is 2.60 bits per heavy atom. The van der Waals surface area contributed by atoms with Crippen LogP contribution < -0.4 is 5.32 Å². The molecule has 20 heavy (non-hydrogen) atoms. The molecule has 120 valence electrons. The highest BCUT2D eigenvalue weighted by Gasteiger charge is 2.27. The summed E-state index contributed by atoms with van der Waals surface area (Å²) < 4.78 is 40.6. The molecule has 0 amide bonds. The number of nitrogens with one attached hydrogen (secondary N) is 1. The van der Waals surface area contributed by atoms with Crippen molar-refractivity contribution in [3.8, 4) is 0 Å². The monoisotopic (exact) mass is 295 g/mol. The van der Waals surface area contributed by atoms with Gasteiger partial charge in [0.05, 0.1) is 0 Å². The van der Waals surface area contributed by atoms with Crippen LogP contribution in [-0.2, 0) is 4.74 Å². The molecule has 5 heteroatoms. The standard InChI is InChI=1S/C15H28F3NO/c1-2-10-19-14-9-5-3-4-7-13(14)8-6-11-20-12-15(16,17)18/h13-14,19H,2-12H2,1H3. The predicted octanol–water partition coefficient (Wildman–Crippen LogP) is 4.29. The minimum atomic E-state index is -4.20. The van der Waals surface area contributed by atoms with Crippen LogP contribution in [0.4, 0.5) is 13.2 Å². The third kappa shape index (κ3) is 8.10. The van der Waals surface area contributed by atoms with E-state index in [-0.39, 0.29) is 6.61 Å². The topological polar surface area (TPSA) is 21.3 Å². The highest BCUT2D eigenvalue weighted by atomic mass is 19.4. The molecule has 0 radical (unpaired) electrons. The molecule has 0 saturated heterocycles. The van der Waals surface area contributed by atoms with Crippen LogP contribution in [0.15, 0.2) is 0 Å². The van der Waals surface area contributed by atoms with Gasteiger partial charge in [0.1, 0.15) is 6.61 Å². The second kappa shape index (κ2) is 9.61. The first kappa shape index (κ1) is 17.8. The number of ether oxygens (including phenoxy) is 1. The van der Waals surface area contributed by atoms with Crippen LogP contribution >= 0.6 is 0 Å². The van der Waals surface area contributed by atoms with Crippen molar-refractivity contribution in [2.24, 2.45) is 5.92 Å². The molecule has 0 spiro atoms. The van der Waals surface area contributed by atoms with Gasteiger partial charge in [-0.3, -0.25) is 0 Å². The third-order valence-electron chi connectivity index (χ3n) is 3.94. The van der Waals surface area contributed by atoms with Crippen molar-refractivity contribution >= 4 is 0 Å². The summed E-state index contributed by atoms with van der Waals surface area (Å²) in [5.41, 5.74) is 0. The first-order valence-electron chi connectivity index (χ1n) is 7.91. The van der Waals surface area contributed by atoms with E-state index >= 15 is 0 Å². The average molecular weight is 295 g/mol. The van der Waals surface area contributed by atoms with Crippen LogP contribution in [0, 0.1) is 5.92 Å². The molecular weight excluding hydrogens is 267 g/mol. The number of halogens is 3. The Morgan fingerprint density at radius 1 is 1.15 bits per heavy atom. The quantitative estimate of drug-likeness (QED) is 0.532. The Morgan fingerprint density at radius 2 is 1.90 bits per heavy atom. The van der Waals surface area contributed by atoms with Gasteiger partial charge in [-0.25, -0.2) is 0 Å². The molecule has 1 aliphatic carbocycles. The summed E-state index contributed by atoms with van der Waals surface area (Å²) in [5.74, 6) is 0.596. The molecule has 1 saturated carbocycles. The molecule has 0 heterocycles. The molecule has 0 aromatic carbocycles. The lowest BCUT2D eigenvalue weighted by molar-refractivity contribution is -0.174. The molecule has 1 aliphatic rings. The van der Waals surface area contributed by atoms with E-state index in [0.29, 0.717) is 12.0 Å². The molecule has 1 rings (SSSR count). The van der Waals surface area contributed by atoms with Gasteiger partial charge in [0.2, 0.25) is 0 Å². The van der Waals surface area contributed by atoms with Crippen molar-refractivity contribution in [1.29, 1.82) is 0 Å². The highest BCUT2D eigenvalue weighted by molar-refractivity contribution is 4.79. The van der Waals surface area contributed by atoms with E-state index in [9.17, 15) is 13.2 Å². The fourth-order valence-electron chi connectivity index (χ4n) is 2.96. The summed E-state index contributed by atoms with van der Waals surface area (Å²) in [5, 5.41) is 3.61. The van der Waals surface area contributed by atoms with Gasteiger partial charge in [0, 0.05) is 12.6 Å². The van der Waals surface area contributed by atoms with Crippen LogP contribution in [0.1, 0.15) is 58.3 Å². The summed E-state index contributed by atoms with van der Waals surface area (Å²) in [6, 6.07) is 0.542. The van der Waals surface area contributed by atoms with Gasteiger partial charge >= 0.3 is 6.18 Å². The van der Waals surface area contributed by atoms with Crippen molar-refractivity contribution in [3.63, 3.8) is 0 Å². The van der Waals surface area contributed by atoms with E-state index in [4.69, 9.17) is 4.74 Å². The smallest absolute Gasteiger partial charge is 0.372 e. The molecule has 2 nitrogen and oxygen atoms in total. The van der Waals surface area contributed by atoms with Crippen molar-refractivity contribution in [1.82, 2.24) is 5.32 Å². The Hall–Kier alpha value is -0.290. The summed E-state index contributed by atoms with van der Waals surface area (Å²) in [7, 11) is 0. The molecule has 2 unspecified atom stereocenters. The Balaban J connectivity index is 2.23. The molecule has 0 aromatic rings. The summed E-state index contributed by atoms with van der Waals surface area (Å²) in [4.78, 5) is 0. The lowest BCUT2D eigenvalue weighted by Gasteiger charge is -2.26. The van der Waals surface area contributed by atoms with Crippen LogP contribution in [0.3, 0.4) is 0 Å².